The first kappa shape index (κ1) is 18.2. The van der Waals surface area contributed by atoms with Gasteiger partial charge >= 0.3 is 0 Å². The highest BCUT2D eigenvalue weighted by Gasteiger charge is 2.22. The number of aromatic nitrogens is 1. The number of nitrogens with zero attached hydrogens (tertiary/aromatic N) is 2. The Hall–Kier alpha value is -2.63. The third-order valence-corrected chi connectivity index (χ3v) is 3.94. The van der Waals surface area contributed by atoms with Crippen LogP contribution < -0.4 is 4.90 Å². The first-order valence-corrected chi connectivity index (χ1v) is 8.77. The standard InChI is InChI=1S/C21H24N2O3/c1-15(24)13-23(14-16(2)25)21-22-19(17-9-5-3-6-10-17)20(26-21)18-11-7-4-8-12-18/h3-12,15-16,24-25H,13-14H2,1-2H3. The lowest BCUT2D eigenvalue weighted by Gasteiger charge is -2.23. The molecule has 5 heteroatoms. The van der Waals surface area contributed by atoms with Crippen molar-refractivity contribution in [2.45, 2.75) is 26.1 Å². The van der Waals surface area contributed by atoms with E-state index < -0.39 is 12.2 Å². The van der Waals surface area contributed by atoms with E-state index in [2.05, 4.69) is 0 Å². The number of anilines is 1. The molecule has 2 atom stereocenters. The van der Waals surface area contributed by atoms with Gasteiger partial charge in [-0.2, -0.15) is 4.98 Å². The van der Waals surface area contributed by atoms with Crippen LogP contribution in [0.15, 0.2) is 65.1 Å². The lowest BCUT2D eigenvalue weighted by molar-refractivity contribution is 0.175. The van der Waals surface area contributed by atoms with Gasteiger partial charge in [-0.3, -0.25) is 0 Å². The largest absolute Gasteiger partial charge is 0.423 e. The quantitative estimate of drug-likeness (QED) is 0.680. The number of oxazole rings is 1. The molecule has 0 fully saturated rings. The minimum Gasteiger partial charge on any atom is -0.423 e. The maximum atomic E-state index is 9.81. The average molecular weight is 352 g/mol. The molecule has 0 amide bonds. The van der Waals surface area contributed by atoms with E-state index in [0.29, 0.717) is 24.9 Å². The zero-order valence-corrected chi connectivity index (χ0v) is 15.0. The van der Waals surface area contributed by atoms with Gasteiger partial charge in [0.05, 0.1) is 12.2 Å². The fraction of sp³-hybridized carbons (Fsp3) is 0.286. The summed E-state index contributed by atoms with van der Waals surface area (Å²) >= 11 is 0. The van der Waals surface area contributed by atoms with Crippen LogP contribution in [0.2, 0.25) is 0 Å². The van der Waals surface area contributed by atoms with Gasteiger partial charge in [0.15, 0.2) is 5.76 Å². The molecule has 2 aromatic carbocycles. The fourth-order valence-electron chi connectivity index (χ4n) is 2.89. The molecular formula is C21H24N2O3. The molecule has 0 aliphatic heterocycles. The first-order chi connectivity index (χ1) is 12.5. The highest BCUT2D eigenvalue weighted by Crippen LogP contribution is 2.35. The summed E-state index contributed by atoms with van der Waals surface area (Å²) in [6, 6.07) is 20.1. The molecule has 0 aliphatic rings. The van der Waals surface area contributed by atoms with Crippen molar-refractivity contribution in [3.63, 3.8) is 0 Å². The van der Waals surface area contributed by atoms with Gasteiger partial charge in [-0.25, -0.2) is 0 Å². The van der Waals surface area contributed by atoms with Crippen molar-refractivity contribution in [1.29, 1.82) is 0 Å². The van der Waals surface area contributed by atoms with Crippen LogP contribution in [-0.4, -0.2) is 40.5 Å². The van der Waals surface area contributed by atoms with Crippen molar-refractivity contribution < 1.29 is 14.6 Å². The van der Waals surface area contributed by atoms with Gasteiger partial charge in [-0.05, 0) is 13.8 Å². The average Bonchev–Trinajstić information content (AvgIpc) is 3.07. The maximum Gasteiger partial charge on any atom is 0.298 e. The van der Waals surface area contributed by atoms with Crippen LogP contribution in [0.3, 0.4) is 0 Å². The van der Waals surface area contributed by atoms with E-state index >= 15 is 0 Å². The lowest BCUT2D eigenvalue weighted by atomic mass is 10.1. The smallest absolute Gasteiger partial charge is 0.298 e. The van der Waals surface area contributed by atoms with E-state index in [-0.39, 0.29) is 0 Å². The fourth-order valence-corrected chi connectivity index (χ4v) is 2.89. The Kier molecular flexibility index (Phi) is 5.71. The Balaban J connectivity index is 2.08. The third-order valence-electron chi connectivity index (χ3n) is 3.94. The van der Waals surface area contributed by atoms with Gasteiger partial charge in [0.2, 0.25) is 0 Å². The second-order valence-electron chi connectivity index (χ2n) is 6.51. The maximum absolute atomic E-state index is 9.81. The summed E-state index contributed by atoms with van der Waals surface area (Å²) in [6.45, 7) is 4.06. The molecule has 136 valence electrons. The van der Waals surface area contributed by atoms with Gasteiger partial charge in [-0.1, -0.05) is 60.7 Å². The summed E-state index contributed by atoms with van der Waals surface area (Å²) in [5.74, 6) is 0.674. The lowest BCUT2D eigenvalue weighted by Crippen LogP contribution is -2.36. The van der Waals surface area contributed by atoms with Crippen LogP contribution in [0.4, 0.5) is 6.01 Å². The van der Waals surface area contributed by atoms with Crippen LogP contribution in [0.1, 0.15) is 13.8 Å². The van der Waals surface area contributed by atoms with E-state index in [9.17, 15) is 10.2 Å². The molecule has 1 heterocycles. The Morgan fingerprint density at radius 1 is 0.846 bits per heavy atom. The number of hydrogen-bond acceptors (Lipinski definition) is 5. The molecule has 2 unspecified atom stereocenters. The molecule has 26 heavy (non-hydrogen) atoms. The second-order valence-corrected chi connectivity index (χ2v) is 6.51. The monoisotopic (exact) mass is 352 g/mol. The molecule has 3 rings (SSSR count). The van der Waals surface area contributed by atoms with Gasteiger partial charge in [-0.15, -0.1) is 0 Å². The summed E-state index contributed by atoms with van der Waals surface area (Å²) in [6.07, 6.45) is -1.14. The van der Waals surface area contributed by atoms with Crippen LogP contribution >= 0.6 is 0 Å². The molecule has 0 bridgehead atoms. The molecule has 0 radical (unpaired) electrons. The Labute approximate surface area is 153 Å². The van der Waals surface area contributed by atoms with Gasteiger partial charge in [0.25, 0.3) is 6.01 Å². The summed E-state index contributed by atoms with van der Waals surface area (Å²) in [7, 11) is 0. The summed E-state index contributed by atoms with van der Waals surface area (Å²) in [5.41, 5.74) is 2.63. The number of rotatable bonds is 7. The molecule has 0 spiro atoms. The number of aliphatic hydroxyl groups excluding tert-OH is 2. The first-order valence-electron chi connectivity index (χ1n) is 8.77. The van der Waals surface area contributed by atoms with Crippen LogP contribution in [-0.2, 0) is 0 Å². The van der Waals surface area contributed by atoms with Crippen molar-refractivity contribution in [3.05, 3.63) is 60.7 Å². The minimum atomic E-state index is -0.569. The van der Waals surface area contributed by atoms with Gasteiger partial charge in [0.1, 0.15) is 5.69 Å². The molecule has 0 saturated heterocycles. The van der Waals surface area contributed by atoms with Crippen molar-refractivity contribution in [2.75, 3.05) is 18.0 Å². The summed E-state index contributed by atoms with van der Waals surface area (Å²) < 4.78 is 6.11. The second kappa shape index (κ2) is 8.17. The van der Waals surface area contributed by atoms with Crippen LogP contribution in [0.25, 0.3) is 22.6 Å². The zero-order valence-electron chi connectivity index (χ0n) is 15.0. The van der Waals surface area contributed by atoms with Crippen molar-refractivity contribution in [3.8, 4) is 22.6 Å². The van der Waals surface area contributed by atoms with Crippen molar-refractivity contribution >= 4 is 6.01 Å². The number of hydrogen-bond donors (Lipinski definition) is 2. The zero-order chi connectivity index (χ0) is 18.5. The van der Waals surface area contributed by atoms with Crippen LogP contribution in [0, 0.1) is 0 Å². The highest BCUT2D eigenvalue weighted by atomic mass is 16.4. The minimum absolute atomic E-state index is 0.327. The van der Waals surface area contributed by atoms with E-state index in [1.54, 1.807) is 18.7 Å². The van der Waals surface area contributed by atoms with Crippen LogP contribution in [0.5, 0.6) is 0 Å². The molecule has 0 aliphatic carbocycles. The van der Waals surface area contributed by atoms with Crippen molar-refractivity contribution in [1.82, 2.24) is 4.98 Å². The molecule has 2 N–H and O–H groups in total. The van der Waals surface area contributed by atoms with E-state index in [0.717, 1.165) is 16.8 Å². The van der Waals surface area contributed by atoms with Crippen molar-refractivity contribution in [2.24, 2.45) is 0 Å². The molecule has 5 nitrogen and oxygen atoms in total. The SMILES string of the molecule is CC(O)CN(CC(C)O)c1nc(-c2ccccc2)c(-c2ccccc2)o1. The Morgan fingerprint density at radius 3 is 1.85 bits per heavy atom. The molecule has 3 aromatic rings. The normalized spacial score (nSPS) is 13.4. The number of aliphatic hydroxyl groups is 2. The third kappa shape index (κ3) is 4.31. The predicted molar refractivity (Wildman–Crippen MR) is 103 cm³/mol. The Morgan fingerprint density at radius 2 is 1.35 bits per heavy atom. The van der Waals surface area contributed by atoms with Gasteiger partial charge < -0.3 is 19.5 Å². The van der Waals surface area contributed by atoms with E-state index in [1.807, 2.05) is 60.7 Å². The molecule has 0 saturated carbocycles. The topological polar surface area (TPSA) is 69.7 Å². The summed E-state index contributed by atoms with van der Waals surface area (Å²) in [5, 5.41) is 19.6. The highest BCUT2D eigenvalue weighted by molar-refractivity contribution is 5.78. The predicted octanol–water partition coefficient (Wildman–Crippen LogP) is 3.58. The van der Waals surface area contributed by atoms with E-state index in [1.165, 1.54) is 0 Å². The Bertz CT molecular complexity index is 747. The number of benzene rings is 2. The molecule has 1 aromatic heterocycles. The molecular weight excluding hydrogens is 328 g/mol. The summed E-state index contributed by atoms with van der Waals surface area (Å²) in [4.78, 5) is 6.47. The van der Waals surface area contributed by atoms with Gasteiger partial charge in [0, 0.05) is 24.2 Å². The van der Waals surface area contributed by atoms with E-state index in [4.69, 9.17) is 9.40 Å².